The number of carbonyl (C=O) groups is 1. The maximum Gasteiger partial charge on any atom is 0.261 e. The van der Waals surface area contributed by atoms with Gasteiger partial charge in [-0.15, -0.1) is 0 Å². The molecule has 1 aromatic heterocycles. The number of nitrogens with zero attached hydrogens (tertiary/aromatic N) is 1. The Morgan fingerprint density at radius 1 is 1.32 bits per heavy atom. The summed E-state index contributed by atoms with van der Waals surface area (Å²) in [5, 5.41) is 0. The van der Waals surface area contributed by atoms with Crippen LogP contribution in [0.1, 0.15) is 61.5 Å². The van der Waals surface area contributed by atoms with Crippen molar-refractivity contribution in [3.63, 3.8) is 0 Å². The van der Waals surface area contributed by atoms with Crippen LogP contribution in [0.15, 0.2) is 16.9 Å². The van der Waals surface area contributed by atoms with Gasteiger partial charge in [0.1, 0.15) is 5.56 Å². The van der Waals surface area contributed by atoms with E-state index in [1.807, 2.05) is 24.8 Å². The molecule has 1 aromatic rings. The highest BCUT2D eigenvalue weighted by Gasteiger charge is 2.52. The molecule has 2 fully saturated rings. The van der Waals surface area contributed by atoms with Gasteiger partial charge in [0.15, 0.2) is 0 Å². The Labute approximate surface area is 148 Å². The predicted octanol–water partition coefficient (Wildman–Crippen LogP) is 2.30. The van der Waals surface area contributed by atoms with E-state index in [2.05, 4.69) is 4.98 Å². The third-order valence-corrected chi connectivity index (χ3v) is 5.92. The van der Waals surface area contributed by atoms with E-state index in [1.54, 1.807) is 20.3 Å². The minimum absolute atomic E-state index is 0.0483. The molecule has 1 amide bonds. The third kappa shape index (κ3) is 3.13. The highest BCUT2D eigenvalue weighted by atomic mass is 16.5. The Balaban J connectivity index is 1.88. The fourth-order valence-corrected chi connectivity index (χ4v) is 4.27. The Morgan fingerprint density at radius 3 is 2.68 bits per heavy atom. The minimum Gasteiger partial charge on any atom is -0.381 e. The number of aromatic amines is 1. The van der Waals surface area contributed by atoms with E-state index in [0.717, 1.165) is 31.4 Å². The molecule has 25 heavy (non-hydrogen) atoms. The molecule has 6 nitrogen and oxygen atoms in total. The second-order valence-corrected chi connectivity index (χ2v) is 7.48. The van der Waals surface area contributed by atoms with E-state index in [0.29, 0.717) is 6.54 Å². The monoisotopic (exact) mass is 348 g/mol. The van der Waals surface area contributed by atoms with Gasteiger partial charge in [-0.3, -0.25) is 9.59 Å². The summed E-state index contributed by atoms with van der Waals surface area (Å²) >= 11 is 0. The van der Waals surface area contributed by atoms with Crippen LogP contribution in [0.4, 0.5) is 0 Å². The molecule has 2 heterocycles. The zero-order valence-corrected chi connectivity index (χ0v) is 15.5. The molecule has 1 saturated heterocycles. The summed E-state index contributed by atoms with van der Waals surface area (Å²) < 4.78 is 11.4. The Bertz CT molecular complexity index is 699. The van der Waals surface area contributed by atoms with Crippen LogP contribution in [0.5, 0.6) is 0 Å². The van der Waals surface area contributed by atoms with Crippen LogP contribution in [-0.2, 0) is 9.47 Å². The van der Waals surface area contributed by atoms with Gasteiger partial charge in [-0.1, -0.05) is 13.8 Å². The van der Waals surface area contributed by atoms with Crippen molar-refractivity contribution in [1.82, 2.24) is 9.88 Å². The van der Waals surface area contributed by atoms with E-state index < -0.39 is 0 Å². The Hall–Kier alpha value is -1.66. The quantitative estimate of drug-likeness (QED) is 0.906. The van der Waals surface area contributed by atoms with Crippen LogP contribution >= 0.6 is 0 Å². The number of nitrogens with one attached hydrogen (secondary N) is 1. The van der Waals surface area contributed by atoms with Gasteiger partial charge in [-0.05, 0) is 43.7 Å². The van der Waals surface area contributed by atoms with Crippen molar-refractivity contribution >= 4 is 5.91 Å². The lowest BCUT2D eigenvalue weighted by atomic mass is 9.79. The number of likely N-dealkylation sites (tertiary alicyclic amines) is 1. The van der Waals surface area contributed by atoms with E-state index in [4.69, 9.17) is 9.47 Å². The van der Waals surface area contributed by atoms with Crippen molar-refractivity contribution in [2.24, 2.45) is 0 Å². The lowest BCUT2D eigenvalue weighted by Crippen LogP contribution is -2.53. The number of aromatic nitrogens is 1. The number of amides is 1. The van der Waals surface area contributed by atoms with Gasteiger partial charge in [0.2, 0.25) is 0 Å². The van der Waals surface area contributed by atoms with Gasteiger partial charge in [-0.2, -0.15) is 0 Å². The number of H-pyrrole nitrogens is 1. The topological polar surface area (TPSA) is 71.6 Å². The van der Waals surface area contributed by atoms with Crippen molar-refractivity contribution in [2.45, 2.75) is 63.2 Å². The number of ether oxygens (including phenoxy) is 2. The first-order valence-electron chi connectivity index (χ1n) is 9.04. The van der Waals surface area contributed by atoms with E-state index in [-0.39, 0.29) is 40.7 Å². The van der Waals surface area contributed by atoms with Crippen molar-refractivity contribution in [3.05, 3.63) is 33.7 Å². The highest BCUT2D eigenvalue weighted by Crippen LogP contribution is 2.43. The molecule has 1 aliphatic heterocycles. The normalized spacial score (nSPS) is 29.1. The molecule has 0 radical (unpaired) electrons. The van der Waals surface area contributed by atoms with Gasteiger partial charge >= 0.3 is 0 Å². The van der Waals surface area contributed by atoms with Crippen LogP contribution in [0.2, 0.25) is 0 Å². The molecular formula is C19H28N2O4. The number of carbonyl (C=O) groups excluding carboxylic acids is 1. The highest BCUT2D eigenvalue weighted by molar-refractivity contribution is 5.94. The number of pyridine rings is 1. The van der Waals surface area contributed by atoms with Gasteiger partial charge in [0.05, 0.1) is 17.7 Å². The molecule has 1 aliphatic carbocycles. The standard InChI is InChI=1S/C19H28N2O4/c1-12(2)15-6-5-14(17(22)20-15)18(23)21-10-9-19(25-4)8-7-13(24-3)11-16(19)21/h5-6,12-13,16H,7-11H2,1-4H3,(H,20,22)/t13?,16?,19-/m1/s1. The molecule has 138 valence electrons. The van der Waals surface area contributed by atoms with E-state index in [9.17, 15) is 9.59 Å². The van der Waals surface area contributed by atoms with Crippen LogP contribution in [0.25, 0.3) is 0 Å². The van der Waals surface area contributed by atoms with Gasteiger partial charge in [0, 0.05) is 26.5 Å². The number of rotatable bonds is 4. The summed E-state index contributed by atoms with van der Waals surface area (Å²) in [7, 11) is 3.43. The van der Waals surface area contributed by atoms with Crippen LogP contribution in [0.3, 0.4) is 0 Å². The summed E-state index contributed by atoms with van der Waals surface area (Å²) in [6.07, 6.45) is 3.49. The van der Waals surface area contributed by atoms with E-state index >= 15 is 0 Å². The second kappa shape index (κ2) is 6.92. The molecular weight excluding hydrogens is 320 g/mol. The number of hydrogen-bond acceptors (Lipinski definition) is 4. The average molecular weight is 348 g/mol. The lowest BCUT2D eigenvalue weighted by molar-refractivity contribution is -0.0893. The van der Waals surface area contributed by atoms with Crippen molar-refractivity contribution < 1.29 is 14.3 Å². The first kappa shape index (κ1) is 18.1. The predicted molar refractivity (Wildman–Crippen MR) is 95.0 cm³/mol. The van der Waals surface area contributed by atoms with Gasteiger partial charge in [-0.25, -0.2) is 0 Å². The largest absolute Gasteiger partial charge is 0.381 e. The molecule has 3 atom stereocenters. The molecule has 1 N–H and O–H groups in total. The molecule has 6 heteroatoms. The summed E-state index contributed by atoms with van der Waals surface area (Å²) in [5.41, 5.74) is 0.419. The van der Waals surface area contributed by atoms with Crippen molar-refractivity contribution in [2.75, 3.05) is 20.8 Å². The second-order valence-electron chi connectivity index (χ2n) is 7.48. The average Bonchev–Trinajstić information content (AvgIpc) is 3.00. The minimum atomic E-state index is -0.315. The van der Waals surface area contributed by atoms with Crippen LogP contribution in [-0.4, -0.2) is 54.3 Å². The molecule has 2 aliphatic rings. The van der Waals surface area contributed by atoms with E-state index in [1.165, 1.54) is 0 Å². The smallest absolute Gasteiger partial charge is 0.261 e. The van der Waals surface area contributed by atoms with Gasteiger partial charge < -0.3 is 19.4 Å². The molecule has 2 unspecified atom stereocenters. The summed E-state index contributed by atoms with van der Waals surface area (Å²) in [6, 6.07) is 3.44. The van der Waals surface area contributed by atoms with Crippen LogP contribution < -0.4 is 5.56 Å². The molecule has 0 spiro atoms. The molecule has 1 saturated carbocycles. The Morgan fingerprint density at radius 2 is 2.08 bits per heavy atom. The van der Waals surface area contributed by atoms with Crippen molar-refractivity contribution in [3.8, 4) is 0 Å². The fourth-order valence-electron chi connectivity index (χ4n) is 4.27. The summed E-state index contributed by atoms with van der Waals surface area (Å²) in [5.74, 6) is 0.00261. The zero-order valence-electron chi connectivity index (χ0n) is 15.5. The fraction of sp³-hybridized carbons (Fsp3) is 0.684. The summed E-state index contributed by atoms with van der Waals surface area (Å²) in [4.78, 5) is 30.1. The maximum absolute atomic E-state index is 13.1. The number of hydrogen-bond donors (Lipinski definition) is 1. The SMILES string of the molecule is COC1CC[C@@]2(OC)CCN(C(=O)c3ccc(C(C)C)[nH]c3=O)C2C1. The van der Waals surface area contributed by atoms with Gasteiger partial charge in [0.25, 0.3) is 11.5 Å². The number of fused-ring (bicyclic) bond motifs is 1. The summed E-state index contributed by atoms with van der Waals surface area (Å²) in [6.45, 7) is 4.62. The van der Waals surface area contributed by atoms with Crippen LogP contribution in [0, 0.1) is 0 Å². The number of methoxy groups -OCH3 is 2. The molecule has 3 rings (SSSR count). The molecule has 0 bridgehead atoms. The zero-order chi connectivity index (χ0) is 18.2. The maximum atomic E-state index is 13.1. The van der Waals surface area contributed by atoms with Crippen molar-refractivity contribution in [1.29, 1.82) is 0 Å². The molecule has 0 aromatic carbocycles. The first-order valence-corrected chi connectivity index (χ1v) is 9.04. The lowest BCUT2D eigenvalue weighted by Gasteiger charge is -2.43. The Kier molecular flexibility index (Phi) is 5.02. The third-order valence-electron chi connectivity index (χ3n) is 5.92. The first-order chi connectivity index (χ1) is 11.9.